The molecule has 2 aliphatic heterocycles. The standard InChI is InChI=1S/C16H19N3O6S/c1-2-14-17-18-16(25-14)12-10-19(6-7-22-12)26(20,21)13-5-3-4-11-15(13)24-9-8-23-11/h3-5,12H,2,6-10H2,1H3/t12-/m0/s1. The Labute approximate surface area is 150 Å². The molecule has 4 rings (SSSR count). The predicted molar refractivity (Wildman–Crippen MR) is 88.6 cm³/mol. The van der Waals surface area contributed by atoms with Gasteiger partial charge >= 0.3 is 0 Å². The van der Waals surface area contributed by atoms with Gasteiger partial charge in [0, 0.05) is 19.5 Å². The van der Waals surface area contributed by atoms with Crippen LogP contribution in [-0.2, 0) is 21.2 Å². The Hall–Kier alpha value is -2.17. The van der Waals surface area contributed by atoms with Crippen molar-refractivity contribution in [3.05, 3.63) is 30.0 Å². The number of ether oxygens (including phenoxy) is 3. The highest BCUT2D eigenvalue weighted by atomic mass is 32.2. The smallest absolute Gasteiger partial charge is 0.247 e. The van der Waals surface area contributed by atoms with Crippen LogP contribution in [0.5, 0.6) is 11.5 Å². The lowest BCUT2D eigenvalue weighted by Crippen LogP contribution is -2.42. The summed E-state index contributed by atoms with van der Waals surface area (Å²) in [5, 5.41) is 7.87. The van der Waals surface area contributed by atoms with Crippen LogP contribution < -0.4 is 9.47 Å². The molecule has 1 saturated heterocycles. The van der Waals surface area contributed by atoms with E-state index in [0.29, 0.717) is 31.3 Å². The number of hydrogen-bond acceptors (Lipinski definition) is 8. The number of rotatable bonds is 4. The molecule has 1 atom stereocenters. The van der Waals surface area contributed by atoms with Crippen LogP contribution in [0.25, 0.3) is 0 Å². The molecule has 2 aromatic rings. The molecule has 140 valence electrons. The lowest BCUT2D eigenvalue weighted by molar-refractivity contribution is -0.0178. The summed E-state index contributed by atoms with van der Waals surface area (Å²) in [5.41, 5.74) is 0. The molecule has 1 aromatic heterocycles. The molecular formula is C16H19N3O6S. The summed E-state index contributed by atoms with van der Waals surface area (Å²) < 4.78 is 49.9. The Balaban J connectivity index is 1.62. The number of sulfonamides is 1. The molecule has 0 radical (unpaired) electrons. The van der Waals surface area contributed by atoms with Gasteiger partial charge in [-0.15, -0.1) is 10.2 Å². The molecule has 26 heavy (non-hydrogen) atoms. The number of fused-ring (bicyclic) bond motifs is 1. The second-order valence-corrected chi connectivity index (χ2v) is 7.80. The minimum atomic E-state index is -3.78. The SMILES string of the molecule is CCc1nnc([C@@H]2CN(S(=O)(=O)c3cccc4c3OCCO4)CCO2)o1. The molecule has 1 aromatic carbocycles. The fraction of sp³-hybridized carbons (Fsp3) is 0.500. The topological polar surface area (TPSA) is 104 Å². The van der Waals surface area contributed by atoms with Crippen molar-refractivity contribution in [1.82, 2.24) is 14.5 Å². The van der Waals surface area contributed by atoms with Crippen molar-refractivity contribution in [1.29, 1.82) is 0 Å². The molecule has 2 aliphatic rings. The maximum atomic E-state index is 13.2. The minimum absolute atomic E-state index is 0.0927. The number of benzene rings is 1. The summed E-state index contributed by atoms with van der Waals surface area (Å²) in [6.07, 6.45) is 0.0120. The van der Waals surface area contributed by atoms with Crippen LogP contribution in [0.1, 0.15) is 24.8 Å². The van der Waals surface area contributed by atoms with E-state index in [9.17, 15) is 8.42 Å². The second-order valence-electron chi connectivity index (χ2n) is 5.89. The normalized spacial score (nSPS) is 20.9. The van der Waals surface area contributed by atoms with Gasteiger partial charge < -0.3 is 18.6 Å². The lowest BCUT2D eigenvalue weighted by Gasteiger charge is -2.31. The molecule has 10 heteroatoms. The third kappa shape index (κ3) is 3.04. The zero-order chi connectivity index (χ0) is 18.1. The molecule has 0 amide bonds. The van der Waals surface area contributed by atoms with Crippen molar-refractivity contribution < 1.29 is 27.0 Å². The van der Waals surface area contributed by atoms with E-state index in [0.717, 1.165) is 0 Å². The molecule has 0 unspecified atom stereocenters. The average molecular weight is 381 g/mol. The Morgan fingerprint density at radius 3 is 2.85 bits per heavy atom. The predicted octanol–water partition coefficient (Wildman–Crippen LogP) is 1.17. The molecule has 1 fully saturated rings. The summed E-state index contributed by atoms with van der Waals surface area (Å²) in [6, 6.07) is 4.86. The Morgan fingerprint density at radius 1 is 1.19 bits per heavy atom. The van der Waals surface area contributed by atoms with Crippen LogP contribution in [0.3, 0.4) is 0 Å². The van der Waals surface area contributed by atoms with Crippen LogP contribution in [0.15, 0.2) is 27.5 Å². The first kappa shape index (κ1) is 17.3. The van der Waals surface area contributed by atoms with Crippen molar-refractivity contribution in [2.45, 2.75) is 24.3 Å². The van der Waals surface area contributed by atoms with E-state index >= 15 is 0 Å². The van der Waals surface area contributed by atoms with Gasteiger partial charge in [0.25, 0.3) is 0 Å². The van der Waals surface area contributed by atoms with Gasteiger partial charge in [0.1, 0.15) is 24.2 Å². The molecule has 9 nitrogen and oxygen atoms in total. The number of morpholine rings is 1. The van der Waals surface area contributed by atoms with Crippen molar-refractivity contribution in [3.8, 4) is 11.5 Å². The van der Waals surface area contributed by atoms with E-state index in [2.05, 4.69) is 10.2 Å². The second kappa shape index (κ2) is 6.86. The highest BCUT2D eigenvalue weighted by Crippen LogP contribution is 2.38. The molecule has 0 saturated carbocycles. The summed E-state index contributed by atoms with van der Waals surface area (Å²) in [4.78, 5) is 0.0927. The van der Waals surface area contributed by atoms with Gasteiger partial charge in [-0.05, 0) is 12.1 Å². The summed E-state index contributed by atoms with van der Waals surface area (Å²) in [5.74, 6) is 1.47. The monoisotopic (exact) mass is 381 g/mol. The van der Waals surface area contributed by atoms with E-state index in [1.165, 1.54) is 10.4 Å². The number of aromatic nitrogens is 2. The highest BCUT2D eigenvalue weighted by molar-refractivity contribution is 7.89. The van der Waals surface area contributed by atoms with Crippen LogP contribution in [-0.4, -0.2) is 55.8 Å². The average Bonchev–Trinajstić information content (AvgIpc) is 3.17. The van der Waals surface area contributed by atoms with Gasteiger partial charge in [0.05, 0.1) is 6.61 Å². The van der Waals surface area contributed by atoms with Gasteiger partial charge in [-0.1, -0.05) is 13.0 Å². The van der Waals surface area contributed by atoms with Gasteiger partial charge in [-0.2, -0.15) is 4.31 Å². The van der Waals surface area contributed by atoms with Crippen molar-refractivity contribution in [2.75, 3.05) is 32.9 Å². The Bertz CT molecular complexity index is 897. The molecule has 0 aliphatic carbocycles. The summed E-state index contributed by atoms with van der Waals surface area (Å²) in [6.45, 7) is 3.17. The maximum absolute atomic E-state index is 13.2. The van der Waals surface area contributed by atoms with E-state index in [4.69, 9.17) is 18.6 Å². The van der Waals surface area contributed by atoms with Gasteiger partial charge in [-0.3, -0.25) is 0 Å². The first-order valence-corrected chi connectivity index (χ1v) is 9.86. The summed E-state index contributed by atoms with van der Waals surface area (Å²) in [7, 11) is -3.78. The Kier molecular flexibility index (Phi) is 4.55. The number of para-hydroxylation sites is 1. The Morgan fingerprint density at radius 2 is 2.04 bits per heavy atom. The fourth-order valence-corrected chi connectivity index (χ4v) is 4.49. The fourth-order valence-electron chi connectivity index (χ4n) is 2.92. The van der Waals surface area contributed by atoms with Gasteiger partial charge in [0.2, 0.25) is 21.8 Å². The largest absolute Gasteiger partial charge is 0.486 e. The molecule has 3 heterocycles. The summed E-state index contributed by atoms with van der Waals surface area (Å²) >= 11 is 0. The molecular weight excluding hydrogens is 362 g/mol. The molecule has 0 bridgehead atoms. The highest BCUT2D eigenvalue weighted by Gasteiger charge is 2.36. The van der Waals surface area contributed by atoms with Crippen molar-refractivity contribution in [2.24, 2.45) is 0 Å². The zero-order valence-corrected chi connectivity index (χ0v) is 15.1. The van der Waals surface area contributed by atoms with Crippen LogP contribution >= 0.6 is 0 Å². The van der Waals surface area contributed by atoms with Crippen molar-refractivity contribution >= 4 is 10.0 Å². The van der Waals surface area contributed by atoms with Crippen LogP contribution in [0.4, 0.5) is 0 Å². The number of aryl methyl sites for hydroxylation is 1. The van der Waals surface area contributed by atoms with Crippen LogP contribution in [0, 0.1) is 0 Å². The van der Waals surface area contributed by atoms with Gasteiger partial charge in [0.15, 0.2) is 11.5 Å². The molecule has 0 spiro atoms. The quantitative estimate of drug-likeness (QED) is 0.777. The maximum Gasteiger partial charge on any atom is 0.247 e. The third-order valence-corrected chi connectivity index (χ3v) is 6.13. The number of hydrogen-bond donors (Lipinski definition) is 0. The minimum Gasteiger partial charge on any atom is -0.486 e. The van der Waals surface area contributed by atoms with E-state index in [1.807, 2.05) is 6.92 Å². The first-order chi connectivity index (χ1) is 12.6. The van der Waals surface area contributed by atoms with E-state index < -0.39 is 16.1 Å². The van der Waals surface area contributed by atoms with Crippen LogP contribution in [0.2, 0.25) is 0 Å². The van der Waals surface area contributed by atoms with E-state index in [1.54, 1.807) is 12.1 Å². The van der Waals surface area contributed by atoms with Crippen molar-refractivity contribution in [3.63, 3.8) is 0 Å². The van der Waals surface area contributed by atoms with E-state index in [-0.39, 0.29) is 36.2 Å². The molecule has 0 N–H and O–H groups in total. The number of nitrogens with zero attached hydrogens (tertiary/aromatic N) is 3. The first-order valence-electron chi connectivity index (χ1n) is 8.42. The zero-order valence-electron chi connectivity index (χ0n) is 14.3. The lowest BCUT2D eigenvalue weighted by atomic mass is 10.3. The third-order valence-electron chi connectivity index (χ3n) is 4.24. The van der Waals surface area contributed by atoms with Gasteiger partial charge in [-0.25, -0.2) is 8.42 Å².